The molecule has 78 valence electrons. The second-order valence-electron chi connectivity index (χ2n) is 2.98. The molecule has 0 saturated heterocycles. The van der Waals surface area contributed by atoms with Crippen LogP contribution in [0.2, 0.25) is 0 Å². The minimum atomic E-state index is 0.628. The van der Waals surface area contributed by atoms with Crippen molar-refractivity contribution in [3.8, 4) is 0 Å². The monoisotopic (exact) mass is 276 g/mol. The Labute approximate surface area is 98.4 Å². The van der Waals surface area contributed by atoms with E-state index in [0.29, 0.717) is 5.88 Å². The van der Waals surface area contributed by atoms with Crippen LogP contribution in [0.5, 0.6) is 0 Å². The zero-order valence-corrected chi connectivity index (χ0v) is 10.6. The zero-order valence-electron chi connectivity index (χ0n) is 8.21. The Balaban J connectivity index is 2.81. The lowest BCUT2D eigenvalue weighted by Crippen LogP contribution is -2.27. The molecule has 0 fully saturated rings. The fourth-order valence-electron chi connectivity index (χ4n) is 1.31. The zero-order chi connectivity index (χ0) is 10.4. The number of aromatic nitrogens is 1. The Bertz CT molecular complexity index is 275. The van der Waals surface area contributed by atoms with Crippen molar-refractivity contribution in [2.75, 3.05) is 23.9 Å². The molecule has 0 atom stereocenters. The van der Waals surface area contributed by atoms with E-state index in [9.17, 15) is 0 Å². The molecule has 2 nitrogen and oxygen atoms in total. The molecule has 4 heteroatoms. The first-order valence-electron chi connectivity index (χ1n) is 4.71. The quantitative estimate of drug-likeness (QED) is 0.768. The van der Waals surface area contributed by atoms with Crippen LogP contribution in [-0.4, -0.2) is 24.0 Å². The van der Waals surface area contributed by atoms with E-state index in [4.69, 9.17) is 11.6 Å². The number of pyridine rings is 1. The smallest absolute Gasteiger partial charge is 0.142 e. The van der Waals surface area contributed by atoms with Gasteiger partial charge in [0, 0.05) is 25.2 Å². The number of nitrogens with zero attached hydrogens (tertiary/aromatic N) is 2. The van der Waals surface area contributed by atoms with Gasteiger partial charge in [-0.3, -0.25) is 0 Å². The average molecular weight is 278 g/mol. The van der Waals surface area contributed by atoms with Crippen LogP contribution in [-0.2, 0) is 0 Å². The maximum atomic E-state index is 5.75. The summed E-state index contributed by atoms with van der Waals surface area (Å²) in [6, 6.07) is 3.91. The van der Waals surface area contributed by atoms with E-state index in [-0.39, 0.29) is 0 Å². The molecule has 0 saturated carbocycles. The summed E-state index contributed by atoms with van der Waals surface area (Å²) in [5.41, 5.74) is 0. The van der Waals surface area contributed by atoms with Crippen LogP contribution in [0.3, 0.4) is 0 Å². The highest BCUT2D eigenvalue weighted by Crippen LogP contribution is 2.22. The van der Waals surface area contributed by atoms with Gasteiger partial charge in [-0.05, 0) is 34.5 Å². The fourth-order valence-corrected chi connectivity index (χ4v) is 2.02. The predicted octanol–water partition coefficient (Wildman–Crippen LogP) is 3.30. The van der Waals surface area contributed by atoms with Gasteiger partial charge in [-0.25, -0.2) is 4.98 Å². The molecule has 0 amide bonds. The third-order valence-corrected chi connectivity index (χ3v) is 2.67. The molecule has 1 aromatic rings. The average Bonchev–Trinajstić information content (AvgIpc) is 2.18. The van der Waals surface area contributed by atoms with Crippen LogP contribution in [0.4, 0.5) is 5.82 Å². The Kier molecular flexibility index (Phi) is 5.26. The van der Waals surface area contributed by atoms with Gasteiger partial charge in [0.2, 0.25) is 0 Å². The minimum absolute atomic E-state index is 0.628. The van der Waals surface area contributed by atoms with Crippen molar-refractivity contribution in [3.05, 3.63) is 22.8 Å². The molecule has 0 spiro atoms. The van der Waals surface area contributed by atoms with Gasteiger partial charge in [0.1, 0.15) is 5.82 Å². The standard InChI is InChI=1S/C10H14BrClN2/c1-2-7-14(8-5-12)10-9(11)4-3-6-13-10/h3-4,6H,2,5,7-8H2,1H3. The Morgan fingerprint density at radius 3 is 2.86 bits per heavy atom. The van der Waals surface area contributed by atoms with Crippen molar-refractivity contribution in [2.45, 2.75) is 13.3 Å². The molecule has 0 aliphatic heterocycles. The topological polar surface area (TPSA) is 16.1 Å². The summed E-state index contributed by atoms with van der Waals surface area (Å²) < 4.78 is 1.03. The summed E-state index contributed by atoms with van der Waals surface area (Å²) in [7, 11) is 0. The Morgan fingerprint density at radius 2 is 2.29 bits per heavy atom. The molecule has 0 radical (unpaired) electrons. The highest BCUT2D eigenvalue weighted by atomic mass is 79.9. The molecule has 0 bridgehead atoms. The molecule has 0 aromatic carbocycles. The highest BCUT2D eigenvalue weighted by Gasteiger charge is 2.08. The summed E-state index contributed by atoms with van der Waals surface area (Å²) in [6.45, 7) is 3.98. The molecule has 1 heterocycles. The molecule has 1 rings (SSSR count). The summed E-state index contributed by atoms with van der Waals surface area (Å²) in [5.74, 6) is 1.61. The number of anilines is 1. The summed E-state index contributed by atoms with van der Waals surface area (Å²) in [5, 5.41) is 0. The lowest BCUT2D eigenvalue weighted by Gasteiger charge is -2.22. The second kappa shape index (κ2) is 6.25. The summed E-state index contributed by atoms with van der Waals surface area (Å²) >= 11 is 9.24. The van der Waals surface area contributed by atoms with Crippen molar-refractivity contribution in [1.82, 2.24) is 4.98 Å². The first kappa shape index (κ1) is 11.8. The minimum Gasteiger partial charge on any atom is -0.355 e. The molecule has 0 N–H and O–H groups in total. The van der Waals surface area contributed by atoms with Gasteiger partial charge in [-0.15, -0.1) is 11.6 Å². The van der Waals surface area contributed by atoms with Crippen molar-refractivity contribution in [3.63, 3.8) is 0 Å². The Hall–Kier alpha value is -0.280. The van der Waals surface area contributed by atoms with E-state index in [2.05, 4.69) is 32.7 Å². The maximum absolute atomic E-state index is 5.75. The van der Waals surface area contributed by atoms with Gasteiger partial charge in [0.15, 0.2) is 0 Å². The number of hydrogen-bond donors (Lipinski definition) is 0. The van der Waals surface area contributed by atoms with Crippen LogP contribution in [0.1, 0.15) is 13.3 Å². The lowest BCUT2D eigenvalue weighted by molar-refractivity contribution is 0.779. The first-order chi connectivity index (χ1) is 6.79. The molecular formula is C10H14BrClN2. The van der Waals surface area contributed by atoms with E-state index in [1.807, 2.05) is 12.1 Å². The molecule has 14 heavy (non-hydrogen) atoms. The lowest BCUT2D eigenvalue weighted by atomic mass is 10.3. The number of alkyl halides is 1. The number of hydrogen-bond acceptors (Lipinski definition) is 2. The summed E-state index contributed by atoms with van der Waals surface area (Å²) in [4.78, 5) is 6.53. The van der Waals surface area contributed by atoms with E-state index in [0.717, 1.165) is 29.8 Å². The maximum Gasteiger partial charge on any atom is 0.142 e. The van der Waals surface area contributed by atoms with E-state index in [1.165, 1.54) is 0 Å². The van der Waals surface area contributed by atoms with E-state index in [1.54, 1.807) is 6.20 Å². The fraction of sp³-hybridized carbons (Fsp3) is 0.500. The van der Waals surface area contributed by atoms with Crippen molar-refractivity contribution < 1.29 is 0 Å². The SMILES string of the molecule is CCCN(CCCl)c1ncccc1Br. The molecular weight excluding hydrogens is 263 g/mol. The van der Waals surface area contributed by atoms with Gasteiger partial charge in [-0.2, -0.15) is 0 Å². The third-order valence-electron chi connectivity index (χ3n) is 1.89. The molecule has 0 unspecified atom stereocenters. The van der Waals surface area contributed by atoms with Crippen molar-refractivity contribution in [2.24, 2.45) is 0 Å². The van der Waals surface area contributed by atoms with Crippen molar-refractivity contribution in [1.29, 1.82) is 0 Å². The normalized spacial score (nSPS) is 10.2. The molecule has 0 aliphatic rings. The van der Waals surface area contributed by atoms with Gasteiger partial charge >= 0.3 is 0 Å². The van der Waals surface area contributed by atoms with Gasteiger partial charge < -0.3 is 4.90 Å². The largest absolute Gasteiger partial charge is 0.355 e. The van der Waals surface area contributed by atoms with E-state index >= 15 is 0 Å². The van der Waals surface area contributed by atoms with Crippen LogP contribution in [0, 0.1) is 0 Å². The van der Waals surface area contributed by atoms with Crippen LogP contribution in [0.15, 0.2) is 22.8 Å². The van der Waals surface area contributed by atoms with Crippen LogP contribution in [0.25, 0.3) is 0 Å². The van der Waals surface area contributed by atoms with Gasteiger partial charge in [-0.1, -0.05) is 6.92 Å². The van der Waals surface area contributed by atoms with E-state index < -0.39 is 0 Å². The van der Waals surface area contributed by atoms with Crippen LogP contribution >= 0.6 is 27.5 Å². The second-order valence-corrected chi connectivity index (χ2v) is 4.22. The predicted molar refractivity (Wildman–Crippen MR) is 65.2 cm³/mol. The summed E-state index contributed by atoms with van der Waals surface area (Å²) in [6.07, 6.45) is 2.90. The van der Waals surface area contributed by atoms with Gasteiger partial charge in [0.25, 0.3) is 0 Å². The Morgan fingerprint density at radius 1 is 1.50 bits per heavy atom. The number of halogens is 2. The molecule has 1 aromatic heterocycles. The first-order valence-corrected chi connectivity index (χ1v) is 6.03. The highest BCUT2D eigenvalue weighted by molar-refractivity contribution is 9.10. The third kappa shape index (κ3) is 3.14. The van der Waals surface area contributed by atoms with Gasteiger partial charge in [0.05, 0.1) is 4.47 Å². The van der Waals surface area contributed by atoms with Crippen LogP contribution < -0.4 is 4.90 Å². The van der Waals surface area contributed by atoms with Crippen molar-refractivity contribution >= 4 is 33.3 Å². The molecule has 0 aliphatic carbocycles. The number of rotatable bonds is 5.